The van der Waals surface area contributed by atoms with Crippen molar-refractivity contribution in [2.24, 2.45) is 4.99 Å². The molecule has 52 heavy (non-hydrogen) atoms. The van der Waals surface area contributed by atoms with Gasteiger partial charge in [0.25, 0.3) is 0 Å². The molecule has 0 radical (unpaired) electrons. The normalized spacial score (nSPS) is 11.2. The third-order valence-corrected chi connectivity index (χ3v) is 8.18. The predicted octanol–water partition coefficient (Wildman–Crippen LogP) is 10.8. The fourth-order valence-corrected chi connectivity index (χ4v) is 5.57. The molecule has 5 aromatic carbocycles. The van der Waals surface area contributed by atoms with Gasteiger partial charge in [-0.1, -0.05) is 43.5 Å². The van der Waals surface area contributed by atoms with E-state index in [1.54, 1.807) is 0 Å². The minimum Gasteiger partial charge on any atom is -0.427 e. The highest BCUT2D eigenvalue weighted by Gasteiger charge is 2.19. The van der Waals surface area contributed by atoms with Crippen LogP contribution < -0.4 is 9.47 Å². The molecule has 268 valence electrons. The molecule has 0 amide bonds. The van der Waals surface area contributed by atoms with Crippen LogP contribution in [0, 0.1) is 34.9 Å². The Balaban J connectivity index is 1.02. The van der Waals surface area contributed by atoms with Crippen LogP contribution in [0.5, 0.6) is 11.5 Å². The molecule has 0 unspecified atom stereocenters. The SMILES string of the molecule is CN=Cc1c(F)cc(-c2c(F)cc(-c3ccc(OC(=O)CCCCCCCC(=O)Oc4ccc(-c5ccc(F)cc5)c(F)c4)cc3)cc2F)cc1F. The molecule has 5 aromatic rings. The van der Waals surface area contributed by atoms with E-state index in [0.717, 1.165) is 55.8 Å². The maximum absolute atomic E-state index is 15.0. The van der Waals surface area contributed by atoms with Gasteiger partial charge in [0.2, 0.25) is 0 Å². The lowest BCUT2D eigenvalue weighted by molar-refractivity contribution is -0.135. The van der Waals surface area contributed by atoms with E-state index in [0.29, 0.717) is 24.0 Å². The lowest BCUT2D eigenvalue weighted by Crippen LogP contribution is -2.08. The minimum atomic E-state index is -1.01. The predicted molar refractivity (Wildman–Crippen MR) is 186 cm³/mol. The smallest absolute Gasteiger partial charge is 0.311 e. The third-order valence-electron chi connectivity index (χ3n) is 8.18. The molecule has 0 aliphatic heterocycles. The quantitative estimate of drug-likeness (QED) is 0.0377. The highest BCUT2D eigenvalue weighted by molar-refractivity contribution is 5.82. The summed E-state index contributed by atoms with van der Waals surface area (Å²) in [5.74, 6) is -5.67. The highest BCUT2D eigenvalue weighted by atomic mass is 19.2. The second-order valence-electron chi connectivity index (χ2n) is 11.9. The second kappa shape index (κ2) is 17.5. The van der Waals surface area contributed by atoms with E-state index in [1.165, 1.54) is 67.7 Å². The molecule has 0 aliphatic rings. The van der Waals surface area contributed by atoms with Gasteiger partial charge in [-0.15, -0.1) is 0 Å². The molecule has 0 spiro atoms. The summed E-state index contributed by atoms with van der Waals surface area (Å²) >= 11 is 0. The third kappa shape index (κ3) is 9.74. The van der Waals surface area contributed by atoms with Crippen molar-refractivity contribution in [1.82, 2.24) is 0 Å². The number of benzene rings is 5. The van der Waals surface area contributed by atoms with Crippen molar-refractivity contribution in [3.63, 3.8) is 0 Å². The van der Waals surface area contributed by atoms with Crippen LogP contribution >= 0.6 is 0 Å². The van der Waals surface area contributed by atoms with Crippen molar-refractivity contribution in [3.8, 4) is 44.9 Å². The number of aliphatic imine (C=N–C) groups is 1. The largest absolute Gasteiger partial charge is 0.427 e. The monoisotopic (exact) mass is 717 g/mol. The summed E-state index contributed by atoms with van der Waals surface area (Å²) in [6.07, 6.45) is 4.62. The molecule has 5 rings (SSSR count). The zero-order chi connectivity index (χ0) is 37.2. The lowest BCUT2D eigenvalue weighted by Gasteiger charge is -2.11. The van der Waals surface area contributed by atoms with Gasteiger partial charge in [0.15, 0.2) is 0 Å². The number of hydrogen-bond acceptors (Lipinski definition) is 5. The highest BCUT2D eigenvalue weighted by Crippen LogP contribution is 2.33. The Kier molecular flexibility index (Phi) is 12.6. The number of rotatable bonds is 14. The Morgan fingerprint density at radius 3 is 1.60 bits per heavy atom. The van der Waals surface area contributed by atoms with Crippen LogP contribution in [-0.2, 0) is 9.59 Å². The molecule has 0 aromatic heterocycles. The fraction of sp³-hybridized carbons (Fsp3) is 0.195. The number of halogens is 6. The molecule has 0 bridgehead atoms. The number of hydrogen-bond donors (Lipinski definition) is 0. The zero-order valence-electron chi connectivity index (χ0n) is 28.0. The minimum absolute atomic E-state index is 0.0804. The standard InChI is InChI=1S/C41H33F6NO4/c1-48-24-33-34(43)21-28(22-35(33)44)41-37(46)19-27(20-38(41)47)25-11-15-30(16-12-25)51-39(49)7-5-3-2-4-6-8-40(50)52-31-17-18-32(36(45)23-31)26-9-13-29(42)14-10-26/h9-24H,2-8H2,1H3. The van der Waals surface area contributed by atoms with Crippen molar-refractivity contribution in [1.29, 1.82) is 0 Å². The summed E-state index contributed by atoms with van der Waals surface area (Å²) in [6.45, 7) is 0. The van der Waals surface area contributed by atoms with Gasteiger partial charge >= 0.3 is 11.9 Å². The number of unbranched alkanes of at least 4 members (excludes halogenated alkanes) is 4. The molecular formula is C41H33F6NO4. The van der Waals surface area contributed by atoms with E-state index < -0.39 is 58.0 Å². The van der Waals surface area contributed by atoms with Gasteiger partial charge < -0.3 is 9.47 Å². The van der Waals surface area contributed by atoms with Crippen LogP contribution in [0.15, 0.2) is 96.0 Å². The van der Waals surface area contributed by atoms with Gasteiger partial charge in [0, 0.05) is 37.7 Å². The van der Waals surface area contributed by atoms with Crippen molar-refractivity contribution in [3.05, 3.63) is 131 Å². The molecule has 0 fully saturated rings. The van der Waals surface area contributed by atoms with Gasteiger partial charge in [0.1, 0.15) is 46.4 Å². The molecule has 0 saturated heterocycles. The van der Waals surface area contributed by atoms with Gasteiger partial charge in [0.05, 0.1) is 11.1 Å². The average Bonchev–Trinajstić information content (AvgIpc) is 3.10. The molecule has 0 aliphatic carbocycles. The maximum atomic E-state index is 15.0. The average molecular weight is 718 g/mol. The molecule has 0 N–H and O–H groups in total. The van der Waals surface area contributed by atoms with E-state index in [-0.39, 0.29) is 41.0 Å². The Hall–Kier alpha value is -5.71. The fourth-order valence-electron chi connectivity index (χ4n) is 5.57. The lowest BCUT2D eigenvalue weighted by atomic mass is 9.97. The second-order valence-corrected chi connectivity index (χ2v) is 11.9. The molecular weight excluding hydrogens is 684 g/mol. The first kappa shape index (κ1) is 37.5. The van der Waals surface area contributed by atoms with Gasteiger partial charge in [-0.2, -0.15) is 0 Å². The van der Waals surface area contributed by atoms with Crippen LogP contribution in [0.3, 0.4) is 0 Å². The van der Waals surface area contributed by atoms with Crippen molar-refractivity contribution >= 4 is 18.2 Å². The van der Waals surface area contributed by atoms with E-state index in [4.69, 9.17) is 9.47 Å². The van der Waals surface area contributed by atoms with E-state index >= 15 is 8.78 Å². The number of carbonyl (C=O) groups excluding carboxylic acids is 2. The summed E-state index contributed by atoms with van der Waals surface area (Å²) < 4.78 is 97.1. The first-order valence-electron chi connectivity index (χ1n) is 16.5. The molecule has 5 nitrogen and oxygen atoms in total. The number of nitrogens with zero attached hydrogens (tertiary/aromatic N) is 1. The number of ether oxygens (including phenoxy) is 2. The van der Waals surface area contributed by atoms with E-state index in [2.05, 4.69) is 4.99 Å². The summed E-state index contributed by atoms with van der Waals surface area (Å²) in [5.41, 5.74) is 0.0741. The van der Waals surface area contributed by atoms with E-state index in [1.807, 2.05) is 0 Å². The summed E-state index contributed by atoms with van der Waals surface area (Å²) in [7, 11) is 1.34. The Bertz CT molecular complexity index is 2040. The molecule has 0 atom stereocenters. The number of esters is 2. The first-order valence-corrected chi connectivity index (χ1v) is 16.5. The van der Waals surface area contributed by atoms with Gasteiger partial charge in [-0.05, 0) is 95.8 Å². The molecule has 0 heterocycles. The molecule has 0 saturated carbocycles. The first-order chi connectivity index (χ1) is 25.0. The summed E-state index contributed by atoms with van der Waals surface area (Å²) in [6, 6.07) is 19.3. The van der Waals surface area contributed by atoms with Crippen LogP contribution in [0.1, 0.15) is 50.5 Å². The molecule has 11 heteroatoms. The van der Waals surface area contributed by atoms with Crippen LogP contribution in [0.4, 0.5) is 26.3 Å². The van der Waals surface area contributed by atoms with E-state index in [9.17, 15) is 27.2 Å². The van der Waals surface area contributed by atoms with Crippen molar-refractivity contribution in [2.45, 2.75) is 44.9 Å². The summed E-state index contributed by atoms with van der Waals surface area (Å²) in [5, 5.41) is 0. The summed E-state index contributed by atoms with van der Waals surface area (Å²) in [4.78, 5) is 28.1. The van der Waals surface area contributed by atoms with Crippen LogP contribution in [0.25, 0.3) is 33.4 Å². The van der Waals surface area contributed by atoms with Crippen molar-refractivity contribution < 1.29 is 45.4 Å². The maximum Gasteiger partial charge on any atom is 0.311 e. The number of carbonyl (C=O) groups is 2. The van der Waals surface area contributed by atoms with Crippen molar-refractivity contribution in [2.75, 3.05) is 7.05 Å². The zero-order valence-corrected chi connectivity index (χ0v) is 28.0. The van der Waals surface area contributed by atoms with Crippen LogP contribution in [-0.4, -0.2) is 25.2 Å². The Labute approximate surface area is 296 Å². The van der Waals surface area contributed by atoms with Crippen LogP contribution in [0.2, 0.25) is 0 Å². The Morgan fingerprint density at radius 2 is 1.04 bits per heavy atom. The topological polar surface area (TPSA) is 65.0 Å². The van der Waals surface area contributed by atoms with Gasteiger partial charge in [-0.3, -0.25) is 14.6 Å². The Morgan fingerprint density at radius 1 is 0.538 bits per heavy atom. The van der Waals surface area contributed by atoms with Gasteiger partial charge in [-0.25, -0.2) is 26.3 Å².